The molecule has 0 N–H and O–H groups in total. The summed E-state index contributed by atoms with van der Waals surface area (Å²) in [7, 11) is 0. The fraction of sp³-hybridized carbons (Fsp3) is 0. The van der Waals surface area contributed by atoms with E-state index in [2.05, 4.69) is 53.1 Å². The van der Waals surface area contributed by atoms with Crippen molar-refractivity contribution < 1.29 is 0 Å². The third-order valence-corrected chi connectivity index (χ3v) is 3.41. The highest BCUT2D eigenvalue weighted by Gasteiger charge is 2.01. The van der Waals surface area contributed by atoms with E-state index in [0.717, 1.165) is 0 Å². The van der Waals surface area contributed by atoms with Crippen LogP contribution < -0.4 is 0 Å². The van der Waals surface area contributed by atoms with Crippen LogP contribution in [0.5, 0.6) is 0 Å². The Morgan fingerprint density at radius 2 is 2.18 bits per heavy atom. The van der Waals surface area contributed by atoms with Gasteiger partial charge < -0.3 is 0 Å². The van der Waals surface area contributed by atoms with Crippen molar-refractivity contribution in [3.8, 4) is 0 Å². The molecule has 1 radical (unpaired) electrons. The van der Waals surface area contributed by atoms with E-state index >= 15 is 0 Å². The molecule has 1 heterocycles. The standard InChI is InChI=1S/C9H6IS/c1-6-9-7(5-11-6)3-2-4-8(9)10/h2-5H,1H2. The molecule has 2 heteroatoms. The quantitative estimate of drug-likeness (QED) is 0.642. The van der Waals surface area contributed by atoms with E-state index in [1.54, 1.807) is 11.3 Å². The van der Waals surface area contributed by atoms with E-state index in [-0.39, 0.29) is 0 Å². The molecule has 0 aliphatic rings. The van der Waals surface area contributed by atoms with E-state index in [9.17, 15) is 0 Å². The molecule has 0 saturated heterocycles. The predicted octanol–water partition coefficient (Wildman–Crippen LogP) is 3.69. The van der Waals surface area contributed by atoms with Gasteiger partial charge in [0.1, 0.15) is 0 Å². The van der Waals surface area contributed by atoms with Crippen LogP contribution in [0.1, 0.15) is 4.88 Å². The molecule has 0 aliphatic heterocycles. The van der Waals surface area contributed by atoms with Crippen LogP contribution in [-0.2, 0) is 0 Å². The summed E-state index contributed by atoms with van der Waals surface area (Å²) in [5, 5.41) is 4.78. The number of thiophene rings is 1. The van der Waals surface area contributed by atoms with Crippen LogP contribution in [0.25, 0.3) is 10.8 Å². The topological polar surface area (TPSA) is 0 Å². The average Bonchev–Trinajstić information content (AvgIpc) is 2.34. The summed E-state index contributed by atoms with van der Waals surface area (Å²) in [6, 6.07) is 6.32. The molecule has 0 aliphatic carbocycles. The lowest BCUT2D eigenvalue weighted by molar-refractivity contribution is 1.76. The summed E-state index contributed by atoms with van der Waals surface area (Å²) >= 11 is 4.06. The highest BCUT2D eigenvalue weighted by molar-refractivity contribution is 14.1. The zero-order valence-corrected chi connectivity index (χ0v) is 8.78. The van der Waals surface area contributed by atoms with Crippen LogP contribution in [0.2, 0.25) is 0 Å². The number of halogens is 1. The largest absolute Gasteiger partial charge is 0.148 e. The first-order valence-corrected chi connectivity index (χ1v) is 5.22. The molecule has 0 fully saturated rings. The number of hydrogen-bond donors (Lipinski definition) is 0. The number of benzene rings is 1. The Bertz CT molecular complexity index is 389. The van der Waals surface area contributed by atoms with Gasteiger partial charge in [0.2, 0.25) is 0 Å². The van der Waals surface area contributed by atoms with Gasteiger partial charge in [-0.3, -0.25) is 0 Å². The summed E-state index contributed by atoms with van der Waals surface area (Å²) in [5.41, 5.74) is 0. The maximum Gasteiger partial charge on any atom is 0.0219 e. The predicted molar refractivity (Wildman–Crippen MR) is 59.0 cm³/mol. The fourth-order valence-corrected chi connectivity index (χ4v) is 2.97. The first-order chi connectivity index (χ1) is 5.29. The highest BCUT2D eigenvalue weighted by Crippen LogP contribution is 2.28. The second-order valence-corrected chi connectivity index (χ2v) is 4.49. The molecule has 55 valence electrons. The van der Waals surface area contributed by atoms with Crippen LogP contribution in [0.15, 0.2) is 23.6 Å². The van der Waals surface area contributed by atoms with E-state index in [4.69, 9.17) is 0 Å². The Labute approximate surface area is 83.4 Å². The first-order valence-electron chi connectivity index (χ1n) is 3.27. The second kappa shape index (κ2) is 2.75. The van der Waals surface area contributed by atoms with Gasteiger partial charge in [-0.1, -0.05) is 12.1 Å². The van der Waals surface area contributed by atoms with Crippen molar-refractivity contribution in [2.45, 2.75) is 0 Å². The SMILES string of the molecule is [CH2]c1scc2cccc(I)c12. The van der Waals surface area contributed by atoms with Gasteiger partial charge in [-0.05, 0) is 46.3 Å². The Morgan fingerprint density at radius 3 is 2.91 bits per heavy atom. The Hall–Kier alpha value is -0.0900. The van der Waals surface area contributed by atoms with Gasteiger partial charge in [-0.25, -0.2) is 0 Å². The summed E-state index contributed by atoms with van der Waals surface area (Å²) in [6.45, 7) is 3.98. The number of rotatable bonds is 0. The maximum atomic E-state index is 3.98. The number of fused-ring (bicyclic) bond motifs is 1. The van der Waals surface area contributed by atoms with Crippen LogP contribution in [-0.4, -0.2) is 0 Å². The molecule has 11 heavy (non-hydrogen) atoms. The van der Waals surface area contributed by atoms with Crippen molar-refractivity contribution in [1.29, 1.82) is 0 Å². The second-order valence-electron chi connectivity index (χ2n) is 2.36. The van der Waals surface area contributed by atoms with Crippen molar-refractivity contribution in [2.24, 2.45) is 0 Å². The normalized spacial score (nSPS) is 10.7. The van der Waals surface area contributed by atoms with Crippen LogP contribution in [0.3, 0.4) is 0 Å². The Kier molecular flexibility index (Phi) is 1.89. The molecule has 0 unspecified atom stereocenters. The van der Waals surface area contributed by atoms with Crippen molar-refractivity contribution >= 4 is 44.7 Å². The minimum Gasteiger partial charge on any atom is -0.148 e. The van der Waals surface area contributed by atoms with Gasteiger partial charge in [0.25, 0.3) is 0 Å². The van der Waals surface area contributed by atoms with Crippen LogP contribution >= 0.6 is 33.9 Å². The monoisotopic (exact) mass is 273 g/mol. The zero-order chi connectivity index (χ0) is 7.84. The van der Waals surface area contributed by atoms with Gasteiger partial charge in [0.05, 0.1) is 0 Å². The molecule has 2 rings (SSSR count). The molecule has 0 nitrogen and oxygen atoms in total. The van der Waals surface area contributed by atoms with Gasteiger partial charge in [0, 0.05) is 13.8 Å². The summed E-state index contributed by atoms with van der Waals surface area (Å²) in [6.07, 6.45) is 0. The lowest BCUT2D eigenvalue weighted by atomic mass is 10.2. The molecule has 0 spiro atoms. The first kappa shape index (κ1) is 7.55. The molecule has 0 amide bonds. The highest BCUT2D eigenvalue weighted by atomic mass is 127. The van der Waals surface area contributed by atoms with Gasteiger partial charge >= 0.3 is 0 Å². The van der Waals surface area contributed by atoms with Crippen molar-refractivity contribution in [3.63, 3.8) is 0 Å². The fourth-order valence-electron chi connectivity index (χ4n) is 1.13. The van der Waals surface area contributed by atoms with Gasteiger partial charge in [-0.15, -0.1) is 11.3 Å². The molecule has 0 bridgehead atoms. The lowest BCUT2D eigenvalue weighted by Gasteiger charge is -1.93. The summed E-state index contributed by atoms with van der Waals surface area (Å²) in [5.74, 6) is 0. The van der Waals surface area contributed by atoms with Gasteiger partial charge in [0.15, 0.2) is 0 Å². The smallest absolute Gasteiger partial charge is 0.0219 e. The van der Waals surface area contributed by atoms with Gasteiger partial charge in [-0.2, -0.15) is 0 Å². The average molecular weight is 273 g/mol. The van der Waals surface area contributed by atoms with Crippen LogP contribution in [0, 0.1) is 10.5 Å². The van der Waals surface area contributed by atoms with E-state index < -0.39 is 0 Å². The third-order valence-electron chi connectivity index (χ3n) is 1.65. The minimum atomic E-state index is 1.17. The summed E-state index contributed by atoms with van der Waals surface area (Å²) < 4.78 is 1.30. The van der Waals surface area contributed by atoms with Crippen LogP contribution in [0.4, 0.5) is 0 Å². The maximum absolute atomic E-state index is 3.98. The van der Waals surface area contributed by atoms with Crippen molar-refractivity contribution in [2.75, 3.05) is 0 Å². The number of hydrogen-bond acceptors (Lipinski definition) is 1. The third kappa shape index (κ3) is 1.18. The Morgan fingerprint density at radius 1 is 1.36 bits per heavy atom. The molecule has 0 atom stereocenters. The van der Waals surface area contributed by atoms with Crippen molar-refractivity contribution in [1.82, 2.24) is 0 Å². The van der Waals surface area contributed by atoms with Crippen molar-refractivity contribution in [3.05, 3.63) is 39.0 Å². The van der Waals surface area contributed by atoms with E-state index in [1.165, 1.54) is 19.2 Å². The Balaban J connectivity index is 2.96. The lowest BCUT2D eigenvalue weighted by Crippen LogP contribution is -1.72. The molecular weight excluding hydrogens is 267 g/mol. The zero-order valence-electron chi connectivity index (χ0n) is 5.80. The molecule has 1 aromatic carbocycles. The molecular formula is C9H6IS. The van der Waals surface area contributed by atoms with E-state index in [0.29, 0.717) is 0 Å². The minimum absolute atomic E-state index is 1.17. The molecule has 1 aromatic heterocycles. The molecule has 0 saturated carbocycles. The molecule has 2 aromatic rings. The summed E-state index contributed by atoms with van der Waals surface area (Å²) in [4.78, 5) is 1.17. The van der Waals surface area contributed by atoms with E-state index in [1.807, 2.05) is 0 Å².